The van der Waals surface area contributed by atoms with Crippen LogP contribution in [-0.2, 0) is 19.3 Å². The molecule has 0 fully saturated rings. The molecular weight excluding hydrogens is 230 g/mol. The van der Waals surface area contributed by atoms with Gasteiger partial charge in [-0.25, -0.2) is 0 Å². The minimum absolute atomic E-state index is 0.770. The summed E-state index contributed by atoms with van der Waals surface area (Å²) in [6, 6.07) is 7.17. The quantitative estimate of drug-likeness (QED) is 0.692. The number of aryl methyl sites for hydroxylation is 3. The average Bonchev–Trinajstić information content (AvgIpc) is 2.84. The molecule has 1 heteroatoms. The molecule has 19 heavy (non-hydrogen) atoms. The van der Waals surface area contributed by atoms with E-state index in [4.69, 9.17) is 0 Å². The second-order valence-electron chi connectivity index (χ2n) is 6.37. The van der Waals surface area contributed by atoms with E-state index in [1.54, 1.807) is 16.7 Å². The topological polar surface area (TPSA) is 12.0 Å². The second kappa shape index (κ2) is 7.69. The van der Waals surface area contributed by atoms with Crippen molar-refractivity contribution in [2.45, 2.75) is 58.8 Å². The molecule has 0 saturated carbocycles. The van der Waals surface area contributed by atoms with Crippen molar-refractivity contribution >= 4 is 0 Å². The summed E-state index contributed by atoms with van der Waals surface area (Å²) in [4.78, 5) is 0. The molecule has 1 aliphatic carbocycles. The zero-order chi connectivity index (χ0) is 13.5. The first-order valence-corrected chi connectivity index (χ1v) is 8.07. The van der Waals surface area contributed by atoms with Crippen LogP contribution < -0.4 is 5.32 Å². The Hall–Kier alpha value is -0.820. The lowest BCUT2D eigenvalue weighted by molar-refractivity contribution is 0.530. The van der Waals surface area contributed by atoms with E-state index < -0.39 is 0 Å². The lowest BCUT2D eigenvalue weighted by Gasteiger charge is -2.07. The molecule has 0 unspecified atom stereocenters. The predicted molar refractivity (Wildman–Crippen MR) is 83.7 cm³/mol. The van der Waals surface area contributed by atoms with Gasteiger partial charge < -0.3 is 5.32 Å². The summed E-state index contributed by atoms with van der Waals surface area (Å²) >= 11 is 0. The van der Waals surface area contributed by atoms with Crippen LogP contribution in [0.25, 0.3) is 0 Å². The Morgan fingerprint density at radius 1 is 1.05 bits per heavy atom. The molecular formula is C18H29N. The smallest absolute Gasteiger partial charge is 0.00258 e. The summed E-state index contributed by atoms with van der Waals surface area (Å²) in [5.41, 5.74) is 4.77. The van der Waals surface area contributed by atoms with Crippen molar-refractivity contribution in [1.82, 2.24) is 5.32 Å². The lowest BCUT2D eigenvalue weighted by Crippen LogP contribution is -2.20. The van der Waals surface area contributed by atoms with Gasteiger partial charge in [-0.3, -0.25) is 0 Å². The van der Waals surface area contributed by atoms with Gasteiger partial charge in [-0.05, 0) is 74.2 Å². The van der Waals surface area contributed by atoms with Crippen molar-refractivity contribution in [3.05, 3.63) is 34.9 Å². The van der Waals surface area contributed by atoms with Crippen LogP contribution >= 0.6 is 0 Å². The number of hydrogen-bond acceptors (Lipinski definition) is 1. The third kappa shape index (κ3) is 4.99. The molecule has 0 amide bonds. The van der Waals surface area contributed by atoms with Crippen LogP contribution in [0, 0.1) is 5.92 Å². The normalized spacial score (nSPS) is 14.1. The highest BCUT2D eigenvalue weighted by molar-refractivity contribution is 5.35. The fourth-order valence-electron chi connectivity index (χ4n) is 2.93. The first-order valence-electron chi connectivity index (χ1n) is 8.07. The van der Waals surface area contributed by atoms with Crippen molar-refractivity contribution in [2.24, 2.45) is 5.92 Å². The molecule has 0 aliphatic heterocycles. The Morgan fingerprint density at radius 2 is 1.89 bits per heavy atom. The molecule has 0 atom stereocenters. The minimum Gasteiger partial charge on any atom is -0.316 e. The molecule has 0 heterocycles. The molecule has 1 aliphatic rings. The largest absolute Gasteiger partial charge is 0.316 e. The van der Waals surface area contributed by atoms with Gasteiger partial charge in [-0.2, -0.15) is 0 Å². The number of benzene rings is 1. The fraction of sp³-hybridized carbons (Fsp3) is 0.667. The summed E-state index contributed by atoms with van der Waals surface area (Å²) < 4.78 is 0. The van der Waals surface area contributed by atoms with Gasteiger partial charge in [-0.1, -0.05) is 38.5 Å². The van der Waals surface area contributed by atoms with Gasteiger partial charge in [0.15, 0.2) is 0 Å². The van der Waals surface area contributed by atoms with E-state index in [9.17, 15) is 0 Å². The molecule has 0 saturated heterocycles. The van der Waals surface area contributed by atoms with Crippen LogP contribution in [-0.4, -0.2) is 13.1 Å². The zero-order valence-electron chi connectivity index (χ0n) is 12.7. The fourth-order valence-corrected chi connectivity index (χ4v) is 2.93. The highest BCUT2D eigenvalue weighted by atomic mass is 14.8. The summed E-state index contributed by atoms with van der Waals surface area (Å²) in [5.74, 6) is 0.770. The minimum atomic E-state index is 0.770. The monoisotopic (exact) mass is 259 g/mol. The van der Waals surface area contributed by atoms with E-state index in [1.807, 2.05) is 0 Å². The van der Waals surface area contributed by atoms with Crippen LogP contribution in [0.4, 0.5) is 0 Å². The van der Waals surface area contributed by atoms with Gasteiger partial charge in [-0.15, -0.1) is 0 Å². The van der Waals surface area contributed by atoms with Gasteiger partial charge >= 0.3 is 0 Å². The van der Waals surface area contributed by atoms with E-state index >= 15 is 0 Å². The van der Waals surface area contributed by atoms with Gasteiger partial charge in [0, 0.05) is 0 Å². The van der Waals surface area contributed by atoms with Crippen molar-refractivity contribution in [3.8, 4) is 0 Å². The maximum atomic E-state index is 3.52. The number of nitrogens with one attached hydrogen (secondary N) is 1. The summed E-state index contributed by atoms with van der Waals surface area (Å²) in [6.07, 6.45) is 9.24. The Kier molecular flexibility index (Phi) is 5.91. The van der Waals surface area contributed by atoms with E-state index in [0.29, 0.717) is 0 Å². The van der Waals surface area contributed by atoms with Crippen LogP contribution in [0.2, 0.25) is 0 Å². The Morgan fingerprint density at radius 3 is 2.74 bits per heavy atom. The van der Waals surface area contributed by atoms with E-state index in [2.05, 4.69) is 37.4 Å². The second-order valence-corrected chi connectivity index (χ2v) is 6.37. The number of unbranched alkanes of at least 4 members (excludes halogenated alkanes) is 2. The lowest BCUT2D eigenvalue weighted by atomic mass is 10.0. The first kappa shape index (κ1) is 14.6. The average molecular weight is 259 g/mol. The van der Waals surface area contributed by atoms with Crippen molar-refractivity contribution in [2.75, 3.05) is 13.1 Å². The number of hydrogen-bond donors (Lipinski definition) is 1. The van der Waals surface area contributed by atoms with Gasteiger partial charge in [0.25, 0.3) is 0 Å². The van der Waals surface area contributed by atoms with Crippen LogP contribution in [0.5, 0.6) is 0 Å². The molecule has 1 aromatic rings. The zero-order valence-corrected chi connectivity index (χ0v) is 12.7. The van der Waals surface area contributed by atoms with Crippen molar-refractivity contribution in [3.63, 3.8) is 0 Å². The Labute approximate surface area is 118 Å². The maximum Gasteiger partial charge on any atom is -0.00258 e. The predicted octanol–water partition coefficient (Wildman–Crippen LogP) is 4.13. The molecule has 0 bridgehead atoms. The molecule has 2 rings (SSSR count). The summed E-state index contributed by atoms with van der Waals surface area (Å²) in [7, 11) is 0. The van der Waals surface area contributed by atoms with Gasteiger partial charge in [0.05, 0.1) is 0 Å². The number of rotatable bonds is 8. The van der Waals surface area contributed by atoms with Crippen LogP contribution in [0.3, 0.4) is 0 Å². The van der Waals surface area contributed by atoms with Crippen molar-refractivity contribution < 1.29 is 0 Å². The van der Waals surface area contributed by atoms with Gasteiger partial charge in [0.2, 0.25) is 0 Å². The standard InChI is InChI=1S/C18H29N/c1-15(2)14-19-12-5-3-4-7-16-10-11-17-8-6-9-18(17)13-16/h10-11,13,15,19H,3-9,12,14H2,1-2H3. The molecule has 0 aromatic heterocycles. The SMILES string of the molecule is CC(C)CNCCCCCc1ccc2c(c1)CCC2. The summed E-state index contributed by atoms with van der Waals surface area (Å²) in [5, 5.41) is 3.52. The number of fused-ring (bicyclic) bond motifs is 1. The highest BCUT2D eigenvalue weighted by Crippen LogP contribution is 2.23. The van der Waals surface area contributed by atoms with Crippen LogP contribution in [0.15, 0.2) is 18.2 Å². The summed E-state index contributed by atoms with van der Waals surface area (Å²) in [6.45, 7) is 6.87. The third-order valence-electron chi connectivity index (χ3n) is 4.03. The van der Waals surface area contributed by atoms with Crippen LogP contribution in [0.1, 0.15) is 56.2 Å². The Bertz CT molecular complexity index is 381. The molecule has 106 valence electrons. The highest BCUT2D eigenvalue weighted by Gasteiger charge is 2.10. The van der Waals surface area contributed by atoms with Crippen molar-refractivity contribution in [1.29, 1.82) is 0 Å². The molecule has 0 spiro atoms. The Balaban J connectivity index is 1.58. The third-order valence-corrected chi connectivity index (χ3v) is 4.03. The van der Waals surface area contributed by atoms with Gasteiger partial charge in [0.1, 0.15) is 0 Å². The van der Waals surface area contributed by atoms with E-state index in [0.717, 1.165) is 12.5 Å². The molecule has 0 radical (unpaired) electrons. The molecule has 1 nitrogen and oxygen atoms in total. The van der Waals surface area contributed by atoms with E-state index in [-0.39, 0.29) is 0 Å². The maximum absolute atomic E-state index is 3.52. The molecule has 1 aromatic carbocycles. The molecule has 1 N–H and O–H groups in total. The first-order chi connectivity index (χ1) is 9.25. The van der Waals surface area contributed by atoms with E-state index in [1.165, 1.54) is 51.5 Å².